The van der Waals surface area contributed by atoms with E-state index >= 15 is 0 Å². The predicted molar refractivity (Wildman–Crippen MR) is 93.4 cm³/mol. The number of hydrogen-bond acceptors (Lipinski definition) is 3. The van der Waals surface area contributed by atoms with Gasteiger partial charge >= 0.3 is 12.4 Å². The highest BCUT2D eigenvalue weighted by atomic mass is 35.5. The second-order valence-corrected chi connectivity index (χ2v) is 6.91. The van der Waals surface area contributed by atoms with Crippen molar-refractivity contribution >= 4 is 22.8 Å². The molecule has 5 nitrogen and oxygen atoms in total. The maximum Gasteiger partial charge on any atom is 0.431 e. The quantitative estimate of drug-likeness (QED) is 0.542. The van der Waals surface area contributed by atoms with Crippen LogP contribution in [-0.4, -0.2) is 37.1 Å². The summed E-state index contributed by atoms with van der Waals surface area (Å²) in [5, 5.41) is 0.275. The molecular weight excluding hydrogens is 445 g/mol. The van der Waals surface area contributed by atoms with Crippen LogP contribution >= 0.6 is 11.6 Å². The highest BCUT2D eigenvalue weighted by molar-refractivity contribution is 6.30. The molecule has 0 radical (unpaired) electrons. The van der Waals surface area contributed by atoms with Gasteiger partial charge in [-0.25, -0.2) is 14.4 Å². The molecule has 0 saturated carbocycles. The number of benzene rings is 1. The van der Waals surface area contributed by atoms with Gasteiger partial charge in [0.15, 0.2) is 11.2 Å². The van der Waals surface area contributed by atoms with Crippen LogP contribution in [0.25, 0.3) is 16.9 Å². The van der Waals surface area contributed by atoms with Gasteiger partial charge in [0.25, 0.3) is 11.2 Å². The zero-order valence-corrected chi connectivity index (χ0v) is 15.8. The summed E-state index contributed by atoms with van der Waals surface area (Å²) in [6, 6.07) is 5.36. The Labute approximate surface area is 168 Å². The average Bonchev–Trinajstić information content (AvgIpc) is 3.00. The van der Waals surface area contributed by atoms with E-state index in [1.807, 2.05) is 0 Å². The third-order valence-corrected chi connectivity index (χ3v) is 4.73. The minimum Gasteiger partial charge on any atom is -0.318 e. The topological polar surface area (TPSA) is 52.7 Å². The van der Waals surface area contributed by atoms with Crippen LogP contribution in [0.5, 0.6) is 0 Å². The Hall–Kier alpha value is -2.63. The molecule has 2 heterocycles. The molecule has 0 atom stereocenters. The van der Waals surface area contributed by atoms with E-state index in [1.165, 1.54) is 42.2 Å². The molecule has 2 aromatic heterocycles. The standard InChI is InChI=1S/C17H12ClF7N4O/c1-28-8-26-12-13(28)27-11(6-7-15(19,16(20,21)22)17(23,24)25)29(14(12)30)10-4-2-9(18)3-5-10/h2-5,8H,6-7H2,1H3. The zero-order valence-electron chi connectivity index (χ0n) is 15.0. The van der Waals surface area contributed by atoms with E-state index in [1.54, 1.807) is 0 Å². The Kier molecular flexibility index (Phi) is 5.34. The van der Waals surface area contributed by atoms with E-state index in [0.717, 1.165) is 4.57 Å². The molecule has 30 heavy (non-hydrogen) atoms. The molecule has 0 aliphatic heterocycles. The lowest BCUT2D eigenvalue weighted by Crippen LogP contribution is -2.53. The van der Waals surface area contributed by atoms with Crippen LogP contribution in [0.15, 0.2) is 35.4 Å². The Bertz CT molecular complexity index is 1120. The van der Waals surface area contributed by atoms with Gasteiger partial charge < -0.3 is 4.57 Å². The van der Waals surface area contributed by atoms with E-state index in [-0.39, 0.29) is 21.9 Å². The molecule has 0 spiro atoms. The highest BCUT2D eigenvalue weighted by Gasteiger charge is 2.71. The van der Waals surface area contributed by atoms with Crippen LogP contribution < -0.4 is 5.56 Å². The van der Waals surface area contributed by atoms with Crippen LogP contribution in [0.4, 0.5) is 30.7 Å². The molecule has 0 fully saturated rings. The lowest BCUT2D eigenvalue weighted by atomic mass is 9.97. The number of imidazole rings is 1. The molecule has 0 unspecified atom stereocenters. The maximum atomic E-state index is 14.1. The Morgan fingerprint density at radius 1 is 1.00 bits per heavy atom. The first kappa shape index (κ1) is 22.1. The van der Waals surface area contributed by atoms with Crippen molar-refractivity contribution in [3.8, 4) is 5.69 Å². The van der Waals surface area contributed by atoms with Gasteiger partial charge in [0.05, 0.1) is 12.0 Å². The lowest BCUT2D eigenvalue weighted by Gasteiger charge is -2.30. The molecule has 3 rings (SSSR count). The summed E-state index contributed by atoms with van der Waals surface area (Å²) in [7, 11) is 1.43. The van der Waals surface area contributed by atoms with Crippen molar-refractivity contribution in [1.82, 2.24) is 19.1 Å². The van der Waals surface area contributed by atoms with Gasteiger partial charge in [-0.05, 0) is 24.3 Å². The normalized spacial score (nSPS) is 13.2. The molecule has 1 aromatic carbocycles. The van der Waals surface area contributed by atoms with Crippen molar-refractivity contribution < 1.29 is 30.7 Å². The Morgan fingerprint density at radius 3 is 2.10 bits per heavy atom. The van der Waals surface area contributed by atoms with Crippen LogP contribution in [0.3, 0.4) is 0 Å². The summed E-state index contributed by atoms with van der Waals surface area (Å²) in [5.74, 6) is -0.492. The number of aromatic nitrogens is 4. The van der Waals surface area contributed by atoms with E-state index < -0.39 is 42.2 Å². The first-order valence-electron chi connectivity index (χ1n) is 8.27. The summed E-state index contributed by atoms with van der Waals surface area (Å²) >= 11 is 5.78. The van der Waals surface area contributed by atoms with Crippen molar-refractivity contribution in [2.24, 2.45) is 7.05 Å². The Balaban J connectivity index is 2.17. The van der Waals surface area contributed by atoms with Crippen molar-refractivity contribution in [1.29, 1.82) is 0 Å². The fraction of sp³-hybridized carbons (Fsp3) is 0.353. The van der Waals surface area contributed by atoms with Crippen molar-refractivity contribution in [3.63, 3.8) is 0 Å². The van der Waals surface area contributed by atoms with Crippen LogP contribution in [0.1, 0.15) is 12.2 Å². The fourth-order valence-electron chi connectivity index (χ4n) is 2.85. The van der Waals surface area contributed by atoms with Crippen LogP contribution in [-0.2, 0) is 13.5 Å². The second kappa shape index (κ2) is 7.25. The van der Waals surface area contributed by atoms with E-state index in [2.05, 4.69) is 9.97 Å². The van der Waals surface area contributed by atoms with Gasteiger partial charge in [-0.1, -0.05) is 11.6 Å². The smallest absolute Gasteiger partial charge is 0.318 e. The third-order valence-electron chi connectivity index (χ3n) is 4.48. The van der Waals surface area contributed by atoms with Crippen molar-refractivity contribution in [2.45, 2.75) is 30.9 Å². The molecule has 162 valence electrons. The van der Waals surface area contributed by atoms with Gasteiger partial charge in [-0.3, -0.25) is 9.36 Å². The highest BCUT2D eigenvalue weighted by Crippen LogP contribution is 2.48. The first-order chi connectivity index (χ1) is 13.8. The molecule has 0 aliphatic carbocycles. The van der Waals surface area contributed by atoms with Crippen molar-refractivity contribution in [3.05, 3.63) is 51.8 Å². The maximum absolute atomic E-state index is 14.1. The number of aryl methyl sites for hydroxylation is 2. The van der Waals surface area contributed by atoms with Crippen molar-refractivity contribution in [2.75, 3.05) is 0 Å². The molecule has 0 bridgehead atoms. The van der Waals surface area contributed by atoms with Gasteiger partial charge in [0, 0.05) is 24.9 Å². The van der Waals surface area contributed by atoms with Crippen LogP contribution in [0.2, 0.25) is 5.02 Å². The molecule has 0 amide bonds. The molecule has 0 saturated heterocycles. The van der Waals surface area contributed by atoms with Crippen LogP contribution in [0, 0.1) is 0 Å². The number of fused-ring (bicyclic) bond motifs is 1. The van der Waals surface area contributed by atoms with Gasteiger partial charge in [0.1, 0.15) is 5.82 Å². The minimum absolute atomic E-state index is 0.0660. The van der Waals surface area contributed by atoms with E-state index in [9.17, 15) is 35.5 Å². The zero-order chi connectivity index (χ0) is 22.5. The largest absolute Gasteiger partial charge is 0.431 e. The molecule has 3 aromatic rings. The summed E-state index contributed by atoms with van der Waals surface area (Å²) < 4.78 is 93.6. The third kappa shape index (κ3) is 3.64. The predicted octanol–water partition coefficient (Wildman–Crippen LogP) is 4.54. The number of rotatable bonds is 4. The number of alkyl halides is 7. The van der Waals surface area contributed by atoms with E-state index in [0.29, 0.717) is 0 Å². The molecule has 0 N–H and O–H groups in total. The lowest BCUT2D eigenvalue weighted by molar-refractivity contribution is -0.343. The summed E-state index contributed by atoms with van der Waals surface area (Å²) in [6.45, 7) is 0. The summed E-state index contributed by atoms with van der Waals surface area (Å²) in [4.78, 5) is 20.7. The Morgan fingerprint density at radius 2 is 1.57 bits per heavy atom. The van der Waals surface area contributed by atoms with Gasteiger partial charge in [0.2, 0.25) is 0 Å². The minimum atomic E-state index is -6.20. The van der Waals surface area contributed by atoms with Gasteiger partial charge in [-0.15, -0.1) is 0 Å². The first-order valence-corrected chi connectivity index (χ1v) is 8.65. The van der Waals surface area contributed by atoms with Gasteiger partial charge in [-0.2, -0.15) is 26.3 Å². The number of hydrogen-bond donors (Lipinski definition) is 0. The molecular formula is C17H12ClF7N4O. The van der Waals surface area contributed by atoms with E-state index in [4.69, 9.17) is 11.6 Å². The number of nitrogens with zero attached hydrogens (tertiary/aromatic N) is 4. The fourth-order valence-corrected chi connectivity index (χ4v) is 2.98. The molecule has 13 heteroatoms. The number of halogens is 8. The molecule has 0 aliphatic rings. The monoisotopic (exact) mass is 456 g/mol. The average molecular weight is 457 g/mol. The SMILES string of the molecule is Cn1cnc2c(=O)n(-c3ccc(Cl)cc3)c(CCC(F)(C(F)(F)F)C(F)(F)F)nc21. The summed E-state index contributed by atoms with van der Waals surface area (Å²) in [6.07, 6.45) is -14.3. The summed E-state index contributed by atoms with van der Waals surface area (Å²) in [5.41, 5.74) is -6.45. The second-order valence-electron chi connectivity index (χ2n) is 6.47.